The second kappa shape index (κ2) is 6.41. The topological polar surface area (TPSA) is 12.0 Å². The van der Waals surface area contributed by atoms with Crippen LogP contribution in [0.3, 0.4) is 0 Å². The molecule has 2 aromatic rings. The Morgan fingerprint density at radius 1 is 1.00 bits per heavy atom. The summed E-state index contributed by atoms with van der Waals surface area (Å²) in [4.78, 5) is 1.32. The van der Waals surface area contributed by atoms with Crippen molar-refractivity contribution in [2.45, 2.75) is 30.8 Å². The first-order chi connectivity index (χ1) is 8.70. The maximum atomic E-state index is 3.64. The van der Waals surface area contributed by atoms with Crippen LogP contribution in [0.15, 0.2) is 46.0 Å². The zero-order valence-electron chi connectivity index (χ0n) is 11.0. The van der Waals surface area contributed by atoms with E-state index in [2.05, 4.69) is 66.5 Å². The summed E-state index contributed by atoms with van der Waals surface area (Å²) < 4.78 is 0. The highest BCUT2D eigenvalue weighted by Gasteiger charge is 2.11. The average molecular weight is 277 g/mol. The molecule has 1 N–H and O–H groups in total. The number of nitrogens with one attached hydrogen (secondary N) is 1. The maximum Gasteiger partial charge on any atom is 0.0305 e. The van der Waals surface area contributed by atoms with Crippen LogP contribution in [0.4, 0.5) is 0 Å². The van der Waals surface area contributed by atoms with Gasteiger partial charge in [-0.05, 0) is 60.2 Å². The molecule has 0 fully saturated rings. The third-order valence-electron chi connectivity index (χ3n) is 3.16. The number of thioether (sulfide) groups is 1. The Balaban J connectivity index is 2.00. The van der Waals surface area contributed by atoms with E-state index in [1.54, 1.807) is 23.1 Å². The summed E-state index contributed by atoms with van der Waals surface area (Å²) in [6.07, 6.45) is 2.11. The minimum atomic E-state index is 0.371. The predicted octanol–water partition coefficient (Wildman–Crippen LogP) is 4.88. The first kappa shape index (κ1) is 13.7. The first-order valence-electron chi connectivity index (χ1n) is 6.13. The Labute approximate surface area is 118 Å². The molecule has 1 aromatic carbocycles. The van der Waals surface area contributed by atoms with E-state index in [4.69, 9.17) is 0 Å². The smallest absolute Gasteiger partial charge is 0.0305 e. The van der Waals surface area contributed by atoms with Crippen LogP contribution in [-0.2, 0) is 0 Å². The molecule has 1 nitrogen and oxygen atoms in total. The third kappa shape index (κ3) is 3.37. The zero-order valence-corrected chi connectivity index (χ0v) is 12.6. The fourth-order valence-corrected chi connectivity index (χ4v) is 3.14. The van der Waals surface area contributed by atoms with Gasteiger partial charge in [0.2, 0.25) is 0 Å². The molecule has 0 saturated carbocycles. The summed E-state index contributed by atoms with van der Waals surface area (Å²) in [5.41, 5.74) is 2.71. The minimum absolute atomic E-state index is 0.371. The Bertz CT molecular complexity index is 462. The zero-order chi connectivity index (χ0) is 13.0. The summed E-state index contributed by atoms with van der Waals surface area (Å²) >= 11 is 3.54. The molecule has 0 amide bonds. The lowest BCUT2D eigenvalue weighted by atomic mass is 10.1. The molecule has 96 valence electrons. The first-order valence-corrected chi connectivity index (χ1v) is 8.29. The van der Waals surface area contributed by atoms with Crippen molar-refractivity contribution in [3.05, 3.63) is 52.2 Å². The maximum absolute atomic E-state index is 3.64. The number of hydrogen-bond donors (Lipinski definition) is 1. The fraction of sp³-hybridized carbons (Fsp3) is 0.333. The van der Waals surface area contributed by atoms with Gasteiger partial charge in [-0.15, -0.1) is 11.8 Å². The summed E-state index contributed by atoms with van der Waals surface area (Å²) in [6.45, 7) is 4.44. The molecule has 0 spiro atoms. The van der Waals surface area contributed by atoms with Crippen LogP contribution in [0.2, 0.25) is 0 Å². The van der Waals surface area contributed by atoms with Crippen LogP contribution in [0.1, 0.15) is 37.1 Å². The SMILES string of the molecule is CSc1ccc(C(C)NC(C)c2ccsc2)cc1. The monoisotopic (exact) mass is 277 g/mol. The van der Waals surface area contributed by atoms with E-state index in [9.17, 15) is 0 Å². The second-order valence-corrected chi connectivity index (χ2v) is 6.10. The van der Waals surface area contributed by atoms with E-state index < -0.39 is 0 Å². The summed E-state index contributed by atoms with van der Waals surface area (Å²) in [7, 11) is 0. The predicted molar refractivity (Wildman–Crippen MR) is 82.5 cm³/mol. The lowest BCUT2D eigenvalue weighted by molar-refractivity contribution is 0.495. The van der Waals surface area contributed by atoms with Crippen molar-refractivity contribution in [3.8, 4) is 0 Å². The summed E-state index contributed by atoms with van der Waals surface area (Å²) in [5.74, 6) is 0. The molecule has 2 rings (SSSR count). The molecule has 0 saturated heterocycles. The third-order valence-corrected chi connectivity index (χ3v) is 4.60. The Kier molecular flexibility index (Phi) is 4.87. The van der Waals surface area contributed by atoms with Gasteiger partial charge in [-0.2, -0.15) is 11.3 Å². The lowest BCUT2D eigenvalue weighted by Gasteiger charge is -2.20. The van der Waals surface area contributed by atoms with E-state index in [1.165, 1.54) is 16.0 Å². The highest BCUT2D eigenvalue weighted by atomic mass is 32.2. The molecule has 3 heteroatoms. The number of benzene rings is 1. The highest BCUT2D eigenvalue weighted by molar-refractivity contribution is 7.98. The van der Waals surface area contributed by atoms with E-state index >= 15 is 0 Å². The fourth-order valence-electron chi connectivity index (χ4n) is 1.98. The van der Waals surface area contributed by atoms with Gasteiger partial charge in [-0.1, -0.05) is 12.1 Å². The van der Waals surface area contributed by atoms with Crippen molar-refractivity contribution in [3.63, 3.8) is 0 Å². The molecule has 18 heavy (non-hydrogen) atoms. The van der Waals surface area contributed by atoms with Crippen molar-refractivity contribution in [1.29, 1.82) is 0 Å². The molecule has 2 atom stereocenters. The number of rotatable bonds is 5. The summed E-state index contributed by atoms with van der Waals surface area (Å²) in [5, 5.41) is 7.98. The van der Waals surface area contributed by atoms with E-state index in [-0.39, 0.29) is 0 Å². The van der Waals surface area contributed by atoms with Crippen LogP contribution < -0.4 is 5.32 Å². The quantitative estimate of drug-likeness (QED) is 0.782. The van der Waals surface area contributed by atoms with Gasteiger partial charge in [-0.3, -0.25) is 0 Å². The van der Waals surface area contributed by atoms with Crippen LogP contribution >= 0.6 is 23.1 Å². The van der Waals surface area contributed by atoms with E-state index in [1.807, 2.05) is 0 Å². The molecule has 0 bridgehead atoms. The van der Waals surface area contributed by atoms with Crippen molar-refractivity contribution < 1.29 is 0 Å². The van der Waals surface area contributed by atoms with Crippen molar-refractivity contribution in [2.75, 3.05) is 6.26 Å². The standard InChI is InChI=1S/C15H19NS2/c1-11(13-4-6-15(17-3)7-5-13)16-12(2)14-8-9-18-10-14/h4-12,16H,1-3H3. The van der Waals surface area contributed by atoms with Gasteiger partial charge < -0.3 is 5.32 Å². The van der Waals surface area contributed by atoms with Crippen LogP contribution in [0.25, 0.3) is 0 Å². The van der Waals surface area contributed by atoms with Gasteiger partial charge in [0.1, 0.15) is 0 Å². The Hall–Kier alpha value is -0.770. The highest BCUT2D eigenvalue weighted by Crippen LogP contribution is 2.23. The molecule has 2 unspecified atom stereocenters. The van der Waals surface area contributed by atoms with Crippen LogP contribution in [0, 0.1) is 0 Å². The molecule has 1 aromatic heterocycles. The summed E-state index contributed by atoms with van der Waals surface area (Å²) in [6, 6.07) is 11.8. The lowest BCUT2D eigenvalue weighted by Crippen LogP contribution is -2.22. The van der Waals surface area contributed by atoms with Gasteiger partial charge in [0.15, 0.2) is 0 Å². The molecular weight excluding hydrogens is 258 g/mol. The molecule has 0 aliphatic rings. The van der Waals surface area contributed by atoms with Gasteiger partial charge in [0.05, 0.1) is 0 Å². The van der Waals surface area contributed by atoms with Gasteiger partial charge in [0.25, 0.3) is 0 Å². The van der Waals surface area contributed by atoms with Gasteiger partial charge in [-0.25, -0.2) is 0 Å². The minimum Gasteiger partial charge on any atom is -0.304 e. The molecule has 0 aliphatic carbocycles. The average Bonchev–Trinajstić information content (AvgIpc) is 2.92. The molecular formula is C15H19NS2. The Morgan fingerprint density at radius 2 is 1.67 bits per heavy atom. The number of thiophene rings is 1. The van der Waals surface area contributed by atoms with E-state index in [0.29, 0.717) is 12.1 Å². The van der Waals surface area contributed by atoms with Gasteiger partial charge in [0, 0.05) is 17.0 Å². The molecule has 0 aliphatic heterocycles. The molecule has 0 radical (unpaired) electrons. The van der Waals surface area contributed by atoms with Crippen LogP contribution in [-0.4, -0.2) is 6.26 Å². The Morgan fingerprint density at radius 3 is 2.22 bits per heavy atom. The molecule has 1 heterocycles. The van der Waals surface area contributed by atoms with Crippen LogP contribution in [0.5, 0.6) is 0 Å². The van der Waals surface area contributed by atoms with E-state index in [0.717, 1.165) is 0 Å². The van der Waals surface area contributed by atoms with Crippen molar-refractivity contribution in [1.82, 2.24) is 5.32 Å². The second-order valence-electron chi connectivity index (χ2n) is 4.44. The van der Waals surface area contributed by atoms with Crippen molar-refractivity contribution >= 4 is 23.1 Å². The normalized spacial score (nSPS) is 14.4. The number of hydrogen-bond acceptors (Lipinski definition) is 3. The van der Waals surface area contributed by atoms with Gasteiger partial charge >= 0.3 is 0 Å². The largest absolute Gasteiger partial charge is 0.304 e. The van der Waals surface area contributed by atoms with Crippen molar-refractivity contribution in [2.24, 2.45) is 0 Å².